The maximum Gasteiger partial charge on any atom is 0.516 e. The molecule has 0 aliphatic carbocycles. The number of carbonyl (C=O) groups is 1. The zero-order valence-electron chi connectivity index (χ0n) is 7.25. The van der Waals surface area contributed by atoms with E-state index in [4.69, 9.17) is 0 Å². The smallest absolute Gasteiger partial charge is 0.446 e. The molecule has 0 heterocycles. The van der Waals surface area contributed by atoms with Crippen molar-refractivity contribution < 1.29 is 31.1 Å². The van der Waals surface area contributed by atoms with Crippen LogP contribution >= 0.6 is 0 Å². The van der Waals surface area contributed by atoms with Gasteiger partial charge in [-0.2, -0.15) is 21.6 Å². The van der Waals surface area contributed by atoms with Gasteiger partial charge in [0, 0.05) is 0 Å². The lowest BCUT2D eigenvalue weighted by molar-refractivity contribution is -0.0448. The van der Waals surface area contributed by atoms with Gasteiger partial charge in [-0.25, -0.2) is 9.52 Å². The standard InChI is InChI=1S/C5H8F3NO4S/c1-3(2)13-4(10)9-14(11,12)5(6,7)8/h3H,1-2H3,(H,9,10). The van der Waals surface area contributed by atoms with E-state index in [2.05, 4.69) is 4.74 Å². The van der Waals surface area contributed by atoms with Crippen molar-refractivity contribution in [3.8, 4) is 0 Å². The van der Waals surface area contributed by atoms with Crippen molar-refractivity contribution in [3.05, 3.63) is 0 Å². The second kappa shape index (κ2) is 4.03. The summed E-state index contributed by atoms with van der Waals surface area (Å²) in [7, 11) is -5.67. The molecule has 0 radical (unpaired) electrons. The Morgan fingerprint density at radius 3 is 2.07 bits per heavy atom. The molecule has 0 aliphatic rings. The van der Waals surface area contributed by atoms with E-state index in [1.807, 2.05) is 0 Å². The average molecular weight is 235 g/mol. The van der Waals surface area contributed by atoms with Gasteiger partial charge in [0.1, 0.15) is 0 Å². The number of halogens is 3. The lowest BCUT2D eigenvalue weighted by atomic mass is 10.5. The van der Waals surface area contributed by atoms with Gasteiger partial charge in [0.15, 0.2) is 0 Å². The van der Waals surface area contributed by atoms with Crippen LogP contribution in [0.2, 0.25) is 0 Å². The van der Waals surface area contributed by atoms with E-state index in [9.17, 15) is 26.4 Å². The zero-order chi connectivity index (χ0) is 11.6. The fourth-order valence-electron chi connectivity index (χ4n) is 0.406. The average Bonchev–Trinajstić information content (AvgIpc) is 1.79. The minimum atomic E-state index is -5.67. The number of alkyl halides is 3. The van der Waals surface area contributed by atoms with Crippen molar-refractivity contribution >= 4 is 16.1 Å². The van der Waals surface area contributed by atoms with E-state index >= 15 is 0 Å². The molecule has 0 aliphatic heterocycles. The molecule has 5 nitrogen and oxygen atoms in total. The highest BCUT2D eigenvalue weighted by Gasteiger charge is 2.47. The van der Waals surface area contributed by atoms with Crippen molar-refractivity contribution in [2.75, 3.05) is 0 Å². The Labute approximate surface area is 78.3 Å². The van der Waals surface area contributed by atoms with Crippen LogP contribution in [0, 0.1) is 0 Å². The van der Waals surface area contributed by atoms with E-state index in [1.54, 1.807) is 0 Å². The fraction of sp³-hybridized carbons (Fsp3) is 0.800. The first kappa shape index (κ1) is 13.0. The van der Waals surface area contributed by atoms with Crippen molar-refractivity contribution in [2.45, 2.75) is 25.5 Å². The Bertz CT molecular complexity index is 307. The highest BCUT2D eigenvalue weighted by Crippen LogP contribution is 2.21. The van der Waals surface area contributed by atoms with Gasteiger partial charge in [0.2, 0.25) is 0 Å². The largest absolute Gasteiger partial charge is 0.516 e. The minimum Gasteiger partial charge on any atom is -0.446 e. The van der Waals surface area contributed by atoms with Crippen LogP contribution in [0.4, 0.5) is 18.0 Å². The number of amides is 1. The molecule has 84 valence electrons. The van der Waals surface area contributed by atoms with Gasteiger partial charge in [0.25, 0.3) is 0 Å². The number of carbonyl (C=O) groups excluding carboxylic acids is 1. The number of nitrogens with one attached hydrogen (secondary N) is 1. The molecular weight excluding hydrogens is 227 g/mol. The molecule has 0 saturated heterocycles. The molecule has 0 rings (SSSR count). The van der Waals surface area contributed by atoms with E-state index in [-0.39, 0.29) is 0 Å². The highest BCUT2D eigenvalue weighted by molar-refractivity contribution is 7.90. The molecule has 0 unspecified atom stereocenters. The predicted octanol–water partition coefficient (Wildman–Crippen LogP) is 0.971. The number of rotatable bonds is 2. The van der Waals surface area contributed by atoms with Crippen LogP contribution in [0.15, 0.2) is 0 Å². The summed E-state index contributed by atoms with van der Waals surface area (Å²) in [5.74, 6) is 0. The van der Waals surface area contributed by atoms with Crippen molar-refractivity contribution in [1.82, 2.24) is 4.72 Å². The minimum absolute atomic E-state index is 0.710. The molecule has 0 aromatic heterocycles. The third-order valence-corrected chi connectivity index (χ3v) is 1.91. The predicted molar refractivity (Wildman–Crippen MR) is 39.7 cm³/mol. The molecule has 14 heavy (non-hydrogen) atoms. The Morgan fingerprint density at radius 2 is 1.79 bits per heavy atom. The van der Waals surface area contributed by atoms with Crippen LogP contribution in [0.3, 0.4) is 0 Å². The van der Waals surface area contributed by atoms with E-state index in [0.717, 1.165) is 0 Å². The van der Waals surface area contributed by atoms with E-state index in [0.29, 0.717) is 4.72 Å². The quantitative estimate of drug-likeness (QED) is 0.774. The SMILES string of the molecule is CC(C)OC(=O)NS(=O)(=O)C(F)(F)F. The van der Waals surface area contributed by atoms with Crippen LogP contribution in [0.5, 0.6) is 0 Å². The first-order valence-corrected chi connectivity index (χ1v) is 4.84. The van der Waals surface area contributed by atoms with Crippen LogP contribution in [-0.2, 0) is 14.8 Å². The third kappa shape index (κ3) is 3.81. The summed E-state index contributed by atoms with van der Waals surface area (Å²) >= 11 is 0. The Morgan fingerprint density at radius 1 is 1.36 bits per heavy atom. The van der Waals surface area contributed by atoms with Gasteiger partial charge in [-0.3, -0.25) is 0 Å². The summed E-state index contributed by atoms with van der Waals surface area (Å²) in [4.78, 5) is 10.5. The first-order chi connectivity index (χ1) is 6.06. The molecular formula is C5H8F3NO4S. The number of hydrogen-bond acceptors (Lipinski definition) is 4. The molecule has 0 atom stereocenters. The molecule has 0 fully saturated rings. The van der Waals surface area contributed by atoms with Crippen LogP contribution in [-0.4, -0.2) is 26.1 Å². The summed E-state index contributed by atoms with van der Waals surface area (Å²) in [5, 5.41) is 0. The second-order valence-electron chi connectivity index (χ2n) is 2.51. The normalized spacial score (nSPS) is 12.7. The molecule has 0 spiro atoms. The Hall–Kier alpha value is -0.990. The zero-order valence-corrected chi connectivity index (χ0v) is 8.07. The van der Waals surface area contributed by atoms with Gasteiger partial charge < -0.3 is 4.74 Å². The lowest BCUT2D eigenvalue weighted by Gasteiger charge is -2.11. The Kier molecular flexibility index (Phi) is 3.74. The molecule has 0 aromatic rings. The van der Waals surface area contributed by atoms with Crippen molar-refractivity contribution in [3.63, 3.8) is 0 Å². The summed E-state index contributed by atoms with van der Waals surface area (Å²) in [6.07, 6.45) is -2.37. The molecule has 0 aromatic carbocycles. The van der Waals surface area contributed by atoms with Gasteiger partial charge in [0.05, 0.1) is 6.10 Å². The molecule has 0 saturated carbocycles. The van der Waals surface area contributed by atoms with Crippen LogP contribution in [0.25, 0.3) is 0 Å². The topological polar surface area (TPSA) is 72.5 Å². The molecule has 1 N–H and O–H groups in total. The number of sulfonamides is 1. The van der Waals surface area contributed by atoms with Crippen LogP contribution in [0.1, 0.15) is 13.8 Å². The van der Waals surface area contributed by atoms with E-state index < -0.39 is 27.7 Å². The van der Waals surface area contributed by atoms with Crippen LogP contribution < -0.4 is 4.72 Å². The van der Waals surface area contributed by atoms with Gasteiger partial charge in [-0.05, 0) is 13.8 Å². The third-order valence-electron chi connectivity index (χ3n) is 0.865. The monoisotopic (exact) mass is 235 g/mol. The van der Waals surface area contributed by atoms with Gasteiger partial charge >= 0.3 is 21.6 Å². The fourth-order valence-corrected chi connectivity index (χ4v) is 0.789. The van der Waals surface area contributed by atoms with Gasteiger partial charge in [-0.15, -0.1) is 0 Å². The second-order valence-corrected chi connectivity index (χ2v) is 4.18. The summed E-state index contributed by atoms with van der Waals surface area (Å²) < 4.78 is 60.5. The van der Waals surface area contributed by atoms with E-state index in [1.165, 1.54) is 13.8 Å². The molecule has 9 heteroatoms. The van der Waals surface area contributed by atoms with Crippen molar-refractivity contribution in [2.24, 2.45) is 0 Å². The number of hydrogen-bond donors (Lipinski definition) is 1. The molecule has 1 amide bonds. The summed E-state index contributed by atoms with van der Waals surface area (Å²) in [6, 6.07) is 0. The first-order valence-electron chi connectivity index (χ1n) is 3.36. The Balaban J connectivity index is 4.48. The van der Waals surface area contributed by atoms with Crippen molar-refractivity contribution in [1.29, 1.82) is 0 Å². The lowest BCUT2D eigenvalue weighted by Crippen LogP contribution is -2.41. The maximum atomic E-state index is 11.7. The molecule has 0 bridgehead atoms. The van der Waals surface area contributed by atoms with Gasteiger partial charge in [-0.1, -0.05) is 0 Å². The summed E-state index contributed by atoms with van der Waals surface area (Å²) in [6.45, 7) is 2.72. The summed E-state index contributed by atoms with van der Waals surface area (Å²) in [5.41, 5.74) is -5.52. The highest BCUT2D eigenvalue weighted by atomic mass is 32.2. The maximum absolute atomic E-state index is 11.7. The number of ether oxygens (including phenoxy) is 1.